The van der Waals surface area contributed by atoms with E-state index in [-0.39, 0.29) is 5.82 Å². The molecule has 0 aliphatic rings. The van der Waals surface area contributed by atoms with Crippen molar-refractivity contribution in [2.24, 2.45) is 0 Å². The van der Waals surface area contributed by atoms with Gasteiger partial charge in [0.2, 0.25) is 0 Å². The van der Waals surface area contributed by atoms with E-state index in [1.54, 1.807) is 18.3 Å². The third-order valence-electron chi connectivity index (χ3n) is 2.35. The predicted octanol–water partition coefficient (Wildman–Crippen LogP) is 3.51. The number of rotatable bonds is 2. The maximum Gasteiger partial charge on any atom is 0.130 e. The molecule has 1 aromatic heterocycles. The zero-order valence-corrected chi connectivity index (χ0v) is 9.92. The highest BCUT2D eigenvalue weighted by Gasteiger charge is 2.04. The first-order valence-corrected chi connectivity index (χ1v) is 5.38. The molecule has 0 fully saturated rings. The first kappa shape index (κ1) is 11.7. The Labute approximate surface area is 103 Å². The van der Waals surface area contributed by atoms with Crippen molar-refractivity contribution >= 4 is 28.8 Å². The zero-order valence-electron chi connectivity index (χ0n) is 9.17. The number of pyridine rings is 1. The topological polar surface area (TPSA) is 50.9 Å². The van der Waals surface area contributed by atoms with Crippen LogP contribution in [0.3, 0.4) is 0 Å². The van der Waals surface area contributed by atoms with Gasteiger partial charge in [0.25, 0.3) is 0 Å². The molecule has 2 rings (SSSR count). The minimum Gasteiger partial charge on any atom is -0.397 e. The average molecular weight is 252 g/mol. The minimum atomic E-state index is -0.373. The number of aryl methyl sites for hydroxylation is 1. The molecular formula is C12H11ClFN3. The summed E-state index contributed by atoms with van der Waals surface area (Å²) in [6, 6.07) is 5.94. The van der Waals surface area contributed by atoms with Crippen molar-refractivity contribution in [1.82, 2.24) is 4.98 Å². The standard InChI is InChI=1S/C12H11ClFN3/c1-7-4-12(16-6-10(7)15)17-11-3-2-8(14)5-9(11)13/h2-6H,15H2,1H3,(H,16,17). The number of nitrogens with zero attached hydrogens (tertiary/aromatic N) is 1. The Kier molecular flexibility index (Phi) is 3.15. The molecule has 0 amide bonds. The lowest BCUT2D eigenvalue weighted by atomic mass is 10.2. The van der Waals surface area contributed by atoms with E-state index in [0.717, 1.165) is 5.56 Å². The molecule has 1 heterocycles. The largest absolute Gasteiger partial charge is 0.397 e. The van der Waals surface area contributed by atoms with E-state index in [1.807, 2.05) is 6.92 Å². The van der Waals surface area contributed by atoms with Crippen molar-refractivity contribution in [3.63, 3.8) is 0 Å². The van der Waals surface area contributed by atoms with Gasteiger partial charge in [-0.2, -0.15) is 0 Å². The molecule has 88 valence electrons. The predicted molar refractivity (Wildman–Crippen MR) is 68.1 cm³/mol. The zero-order chi connectivity index (χ0) is 12.4. The molecule has 2 aromatic rings. The quantitative estimate of drug-likeness (QED) is 0.859. The van der Waals surface area contributed by atoms with Crippen LogP contribution in [0.15, 0.2) is 30.5 Å². The van der Waals surface area contributed by atoms with Gasteiger partial charge in [-0.25, -0.2) is 9.37 Å². The first-order valence-electron chi connectivity index (χ1n) is 5.00. The van der Waals surface area contributed by atoms with Crippen molar-refractivity contribution in [1.29, 1.82) is 0 Å². The third-order valence-corrected chi connectivity index (χ3v) is 2.66. The van der Waals surface area contributed by atoms with Crippen LogP contribution in [0.5, 0.6) is 0 Å². The van der Waals surface area contributed by atoms with Crippen molar-refractivity contribution < 1.29 is 4.39 Å². The molecule has 0 radical (unpaired) electrons. The molecule has 0 aliphatic heterocycles. The normalized spacial score (nSPS) is 10.3. The molecule has 0 unspecified atom stereocenters. The molecule has 3 nitrogen and oxygen atoms in total. The Hall–Kier alpha value is -1.81. The van der Waals surface area contributed by atoms with E-state index in [9.17, 15) is 4.39 Å². The van der Waals surface area contributed by atoms with E-state index in [0.29, 0.717) is 22.2 Å². The second-order valence-electron chi connectivity index (χ2n) is 3.68. The summed E-state index contributed by atoms with van der Waals surface area (Å²) in [6.45, 7) is 1.88. The van der Waals surface area contributed by atoms with Crippen LogP contribution in [-0.2, 0) is 0 Å². The summed E-state index contributed by atoms with van der Waals surface area (Å²) in [5, 5.41) is 3.31. The summed E-state index contributed by atoms with van der Waals surface area (Å²) >= 11 is 5.90. The number of benzene rings is 1. The van der Waals surface area contributed by atoms with Crippen molar-refractivity contribution in [2.45, 2.75) is 6.92 Å². The highest BCUT2D eigenvalue weighted by atomic mass is 35.5. The number of nitrogen functional groups attached to an aromatic ring is 1. The number of aromatic nitrogens is 1. The molecular weight excluding hydrogens is 241 g/mol. The molecule has 0 atom stereocenters. The maximum atomic E-state index is 12.9. The highest BCUT2D eigenvalue weighted by molar-refractivity contribution is 6.33. The Bertz CT molecular complexity index is 557. The van der Waals surface area contributed by atoms with E-state index >= 15 is 0 Å². The fraction of sp³-hybridized carbons (Fsp3) is 0.0833. The van der Waals surface area contributed by atoms with Crippen LogP contribution in [-0.4, -0.2) is 4.98 Å². The van der Waals surface area contributed by atoms with E-state index in [4.69, 9.17) is 17.3 Å². The van der Waals surface area contributed by atoms with Gasteiger partial charge in [0, 0.05) is 0 Å². The summed E-state index contributed by atoms with van der Waals surface area (Å²) in [4.78, 5) is 4.11. The molecule has 0 bridgehead atoms. The fourth-order valence-electron chi connectivity index (χ4n) is 1.36. The Morgan fingerprint density at radius 2 is 2.12 bits per heavy atom. The van der Waals surface area contributed by atoms with Crippen LogP contribution < -0.4 is 11.1 Å². The van der Waals surface area contributed by atoms with Gasteiger partial charge in [0.1, 0.15) is 11.6 Å². The van der Waals surface area contributed by atoms with Crippen LogP contribution in [0.4, 0.5) is 21.6 Å². The number of nitrogens with two attached hydrogens (primary N) is 1. The van der Waals surface area contributed by atoms with Crippen LogP contribution in [0, 0.1) is 12.7 Å². The maximum absolute atomic E-state index is 12.9. The second-order valence-corrected chi connectivity index (χ2v) is 4.08. The Balaban J connectivity index is 2.28. The molecule has 0 saturated heterocycles. The molecule has 1 aromatic carbocycles. The minimum absolute atomic E-state index is 0.307. The summed E-state index contributed by atoms with van der Waals surface area (Å²) < 4.78 is 12.9. The first-order chi connectivity index (χ1) is 8.06. The van der Waals surface area contributed by atoms with Gasteiger partial charge in [0.05, 0.1) is 22.6 Å². The Morgan fingerprint density at radius 3 is 2.76 bits per heavy atom. The molecule has 0 saturated carbocycles. The third kappa shape index (κ3) is 2.65. The smallest absolute Gasteiger partial charge is 0.130 e. The van der Waals surface area contributed by atoms with E-state index in [2.05, 4.69) is 10.3 Å². The SMILES string of the molecule is Cc1cc(Nc2ccc(F)cc2Cl)ncc1N. The molecule has 3 N–H and O–H groups in total. The van der Waals surface area contributed by atoms with Crippen LogP contribution in [0.2, 0.25) is 5.02 Å². The number of anilines is 3. The monoisotopic (exact) mass is 251 g/mol. The second kappa shape index (κ2) is 4.59. The van der Waals surface area contributed by atoms with Gasteiger partial charge < -0.3 is 11.1 Å². The van der Waals surface area contributed by atoms with Crippen LogP contribution in [0.1, 0.15) is 5.56 Å². The van der Waals surface area contributed by atoms with Gasteiger partial charge in [-0.1, -0.05) is 11.6 Å². The van der Waals surface area contributed by atoms with Gasteiger partial charge in [-0.05, 0) is 36.8 Å². The lowest BCUT2D eigenvalue weighted by molar-refractivity contribution is 0.628. The van der Waals surface area contributed by atoms with E-state index in [1.165, 1.54) is 12.1 Å². The van der Waals surface area contributed by atoms with Gasteiger partial charge in [0.15, 0.2) is 0 Å². The summed E-state index contributed by atoms with van der Waals surface area (Å²) in [7, 11) is 0. The number of halogens is 2. The number of hydrogen-bond acceptors (Lipinski definition) is 3. The van der Waals surface area contributed by atoms with Crippen LogP contribution >= 0.6 is 11.6 Å². The van der Waals surface area contributed by atoms with Gasteiger partial charge in [-0.15, -0.1) is 0 Å². The summed E-state index contributed by atoms with van der Waals surface area (Å²) in [5.41, 5.74) is 7.81. The van der Waals surface area contributed by atoms with Crippen molar-refractivity contribution in [2.75, 3.05) is 11.1 Å². The molecule has 0 spiro atoms. The fourth-order valence-corrected chi connectivity index (χ4v) is 1.58. The van der Waals surface area contributed by atoms with Gasteiger partial charge >= 0.3 is 0 Å². The molecule has 0 aliphatic carbocycles. The Morgan fingerprint density at radius 1 is 1.35 bits per heavy atom. The number of hydrogen-bond donors (Lipinski definition) is 2. The molecule has 17 heavy (non-hydrogen) atoms. The highest BCUT2D eigenvalue weighted by Crippen LogP contribution is 2.26. The van der Waals surface area contributed by atoms with E-state index < -0.39 is 0 Å². The molecule has 5 heteroatoms. The lowest BCUT2D eigenvalue weighted by Gasteiger charge is -2.09. The van der Waals surface area contributed by atoms with Gasteiger partial charge in [-0.3, -0.25) is 0 Å². The average Bonchev–Trinajstić information content (AvgIpc) is 2.27. The van der Waals surface area contributed by atoms with Crippen LogP contribution in [0.25, 0.3) is 0 Å². The van der Waals surface area contributed by atoms with Crippen molar-refractivity contribution in [3.05, 3.63) is 46.9 Å². The summed E-state index contributed by atoms with van der Waals surface area (Å²) in [6.07, 6.45) is 1.56. The summed E-state index contributed by atoms with van der Waals surface area (Å²) in [5.74, 6) is 0.243. The lowest BCUT2D eigenvalue weighted by Crippen LogP contribution is -1.97. The van der Waals surface area contributed by atoms with Crippen molar-refractivity contribution in [3.8, 4) is 0 Å². The number of nitrogens with one attached hydrogen (secondary N) is 1.